The van der Waals surface area contributed by atoms with Crippen LogP contribution in [0.1, 0.15) is 13.3 Å². The van der Waals surface area contributed by atoms with Gasteiger partial charge < -0.3 is 0 Å². The van der Waals surface area contributed by atoms with E-state index in [9.17, 15) is 0 Å². The first-order valence-corrected chi connectivity index (χ1v) is 3.10. The molecule has 0 aromatic heterocycles. The van der Waals surface area contributed by atoms with Crippen molar-refractivity contribution in [1.82, 2.24) is 0 Å². The lowest BCUT2D eigenvalue weighted by molar-refractivity contribution is 1.15. The quantitative estimate of drug-likeness (QED) is 0.412. The molecule has 0 aromatic rings. The molecule has 0 atom stereocenters. The Labute approximate surface area is 60.4 Å². The lowest BCUT2D eigenvalue weighted by atomic mass is 10.4. The van der Waals surface area contributed by atoms with E-state index in [1.165, 1.54) is 0 Å². The zero-order valence-corrected chi connectivity index (χ0v) is 6.34. The van der Waals surface area contributed by atoms with Crippen LogP contribution in [0.15, 0.2) is 9.93 Å². The van der Waals surface area contributed by atoms with Crippen LogP contribution < -0.4 is 0 Å². The monoisotopic (exact) mass is 145 g/mol. The fourth-order valence-electron chi connectivity index (χ4n) is 0.287. The second kappa shape index (κ2) is 3.88. The molecule has 0 spiro atoms. The highest BCUT2D eigenvalue weighted by Crippen LogP contribution is 2.16. The van der Waals surface area contributed by atoms with E-state index in [2.05, 4.69) is 30.1 Å². The molecule has 0 radical (unpaired) electrons. The van der Waals surface area contributed by atoms with E-state index in [-0.39, 0.29) is 0 Å². The van der Waals surface area contributed by atoms with Crippen LogP contribution in [0.25, 0.3) is 4.85 Å². The number of allylic oxidation sites excluding steroid dienone is 1. The Kier molecular flexibility index (Phi) is 3.84. The molecule has 0 unspecified atom stereocenters. The summed E-state index contributed by atoms with van der Waals surface area (Å²) in [7, 11) is 0. The van der Waals surface area contributed by atoms with Crippen LogP contribution in [-0.4, -0.2) is 0 Å². The summed E-state index contributed by atoms with van der Waals surface area (Å²) in [6.07, 6.45) is 0.714. The maximum atomic E-state index is 6.56. The van der Waals surface area contributed by atoms with Crippen LogP contribution in [-0.2, 0) is 0 Å². The van der Waals surface area contributed by atoms with E-state index in [4.69, 9.17) is 6.57 Å². The van der Waals surface area contributed by atoms with Gasteiger partial charge in [-0.05, 0) is 6.42 Å². The van der Waals surface area contributed by atoms with Gasteiger partial charge in [0, 0.05) is 4.24 Å². The standard InChI is InChI=1S/C5H7NS2/c1-3-4(6-2)5(7)8/h7-8H,3H2,1H3. The first-order valence-electron chi connectivity index (χ1n) is 2.21. The maximum Gasteiger partial charge on any atom is 0.184 e. The third-order valence-corrected chi connectivity index (χ3v) is 1.24. The second-order valence-electron chi connectivity index (χ2n) is 1.24. The Morgan fingerprint density at radius 3 is 2.12 bits per heavy atom. The number of hydrogen-bond donors (Lipinski definition) is 2. The third kappa shape index (κ3) is 2.29. The van der Waals surface area contributed by atoms with Gasteiger partial charge in [-0.2, -0.15) is 0 Å². The molecular weight excluding hydrogens is 138 g/mol. The molecule has 0 bridgehead atoms. The molecule has 0 N–H and O–H groups in total. The number of nitrogens with zero attached hydrogens (tertiary/aromatic N) is 1. The minimum atomic E-state index is 0.530. The van der Waals surface area contributed by atoms with E-state index in [0.29, 0.717) is 16.4 Å². The van der Waals surface area contributed by atoms with E-state index in [0.717, 1.165) is 0 Å². The summed E-state index contributed by atoms with van der Waals surface area (Å²) in [6.45, 7) is 8.46. The summed E-state index contributed by atoms with van der Waals surface area (Å²) in [4.78, 5) is 3.18. The summed E-state index contributed by atoms with van der Waals surface area (Å²) in [5.74, 6) is 0. The molecule has 0 saturated heterocycles. The SMILES string of the molecule is [C-]#[N+]C(CC)=C(S)S. The fraction of sp³-hybridized carbons (Fsp3) is 0.400. The van der Waals surface area contributed by atoms with E-state index >= 15 is 0 Å². The zero-order chi connectivity index (χ0) is 6.57. The Bertz CT molecular complexity index is 139. The Morgan fingerprint density at radius 1 is 1.62 bits per heavy atom. The van der Waals surface area contributed by atoms with Gasteiger partial charge in [0.05, 0.1) is 6.57 Å². The summed E-state index contributed by atoms with van der Waals surface area (Å²) >= 11 is 7.77. The van der Waals surface area contributed by atoms with Gasteiger partial charge in [0.25, 0.3) is 0 Å². The van der Waals surface area contributed by atoms with E-state index in [1.54, 1.807) is 0 Å². The highest BCUT2D eigenvalue weighted by molar-refractivity contribution is 8.05. The van der Waals surface area contributed by atoms with Crippen molar-refractivity contribution in [3.63, 3.8) is 0 Å². The average molecular weight is 145 g/mol. The van der Waals surface area contributed by atoms with Crippen molar-refractivity contribution in [3.05, 3.63) is 21.4 Å². The second-order valence-corrected chi connectivity index (χ2v) is 2.48. The predicted molar refractivity (Wildman–Crippen MR) is 41.9 cm³/mol. The highest BCUT2D eigenvalue weighted by atomic mass is 32.2. The molecular formula is C5H7NS2. The van der Waals surface area contributed by atoms with Gasteiger partial charge in [0.2, 0.25) is 0 Å². The molecule has 44 valence electrons. The van der Waals surface area contributed by atoms with Gasteiger partial charge in [0.1, 0.15) is 0 Å². The maximum absolute atomic E-state index is 6.56. The Morgan fingerprint density at radius 2 is 2.12 bits per heavy atom. The van der Waals surface area contributed by atoms with Crippen LogP contribution in [0.2, 0.25) is 0 Å². The molecule has 0 aliphatic heterocycles. The Hall–Kier alpha value is -0.0700. The highest BCUT2D eigenvalue weighted by Gasteiger charge is 1.93. The van der Waals surface area contributed by atoms with Crippen molar-refractivity contribution in [2.24, 2.45) is 0 Å². The predicted octanol–water partition coefficient (Wildman–Crippen LogP) is 2.34. The Balaban J connectivity index is 4.15. The van der Waals surface area contributed by atoms with Crippen molar-refractivity contribution in [2.45, 2.75) is 13.3 Å². The number of thiol groups is 2. The fourth-order valence-corrected chi connectivity index (χ4v) is 0.703. The topological polar surface area (TPSA) is 4.36 Å². The zero-order valence-electron chi connectivity index (χ0n) is 4.55. The van der Waals surface area contributed by atoms with Gasteiger partial charge in [0.15, 0.2) is 5.70 Å². The first kappa shape index (κ1) is 7.93. The summed E-state index contributed by atoms with van der Waals surface area (Å²) in [5, 5.41) is 0. The van der Waals surface area contributed by atoms with E-state index in [1.807, 2.05) is 6.92 Å². The van der Waals surface area contributed by atoms with Gasteiger partial charge >= 0.3 is 0 Å². The third-order valence-electron chi connectivity index (χ3n) is 0.728. The molecule has 0 aromatic carbocycles. The molecule has 0 aliphatic carbocycles. The molecule has 0 amide bonds. The molecule has 0 heterocycles. The summed E-state index contributed by atoms with van der Waals surface area (Å²) in [5.41, 5.74) is 0.622. The van der Waals surface area contributed by atoms with Gasteiger partial charge in [-0.15, -0.1) is 25.3 Å². The smallest absolute Gasteiger partial charge is 0.184 e. The van der Waals surface area contributed by atoms with Crippen LogP contribution in [0.4, 0.5) is 0 Å². The molecule has 0 rings (SSSR count). The van der Waals surface area contributed by atoms with Gasteiger partial charge in [-0.1, -0.05) is 6.92 Å². The van der Waals surface area contributed by atoms with Crippen LogP contribution in [0, 0.1) is 6.57 Å². The van der Waals surface area contributed by atoms with Crippen LogP contribution >= 0.6 is 25.3 Å². The lowest BCUT2D eigenvalue weighted by Crippen LogP contribution is -1.69. The summed E-state index contributed by atoms with van der Waals surface area (Å²) < 4.78 is 0.530. The van der Waals surface area contributed by atoms with E-state index < -0.39 is 0 Å². The minimum Gasteiger partial charge on any atom is -0.241 e. The van der Waals surface area contributed by atoms with Crippen molar-refractivity contribution in [1.29, 1.82) is 0 Å². The average Bonchev–Trinajstić information content (AvgIpc) is 1.69. The van der Waals surface area contributed by atoms with Crippen molar-refractivity contribution in [2.75, 3.05) is 0 Å². The molecule has 1 nitrogen and oxygen atoms in total. The van der Waals surface area contributed by atoms with Crippen LogP contribution in [0.5, 0.6) is 0 Å². The largest absolute Gasteiger partial charge is 0.241 e. The van der Waals surface area contributed by atoms with Crippen molar-refractivity contribution >= 4 is 25.3 Å². The minimum absolute atomic E-state index is 0.530. The molecule has 0 fully saturated rings. The summed E-state index contributed by atoms with van der Waals surface area (Å²) in [6, 6.07) is 0. The normalized spacial score (nSPS) is 7.75. The molecule has 8 heavy (non-hydrogen) atoms. The van der Waals surface area contributed by atoms with Crippen molar-refractivity contribution in [3.8, 4) is 0 Å². The molecule has 3 heteroatoms. The van der Waals surface area contributed by atoms with Gasteiger partial charge in [-0.3, -0.25) is 0 Å². The molecule has 0 saturated carbocycles. The number of hydrogen-bond acceptors (Lipinski definition) is 2. The number of rotatable bonds is 1. The molecule has 0 aliphatic rings. The first-order chi connectivity index (χ1) is 3.72. The lowest BCUT2D eigenvalue weighted by Gasteiger charge is -1.89. The van der Waals surface area contributed by atoms with Gasteiger partial charge in [-0.25, -0.2) is 4.85 Å². The van der Waals surface area contributed by atoms with Crippen LogP contribution in [0.3, 0.4) is 0 Å². The van der Waals surface area contributed by atoms with Crippen molar-refractivity contribution < 1.29 is 0 Å².